The first-order valence-corrected chi connectivity index (χ1v) is 5.95. The highest BCUT2D eigenvalue weighted by molar-refractivity contribution is 6.21. The van der Waals surface area contributed by atoms with Crippen LogP contribution in [0.3, 0.4) is 0 Å². The monoisotopic (exact) mass is 269 g/mol. The average Bonchev–Trinajstić information content (AvgIpc) is 2.60. The third-order valence-corrected chi connectivity index (χ3v) is 3.18. The third kappa shape index (κ3) is 2.23. The lowest BCUT2D eigenvalue weighted by Gasteiger charge is -2.21. The normalized spacial score (nSPS) is 15.9. The molecule has 1 aliphatic heterocycles. The summed E-state index contributed by atoms with van der Waals surface area (Å²) in [7, 11) is 0. The molecular formula is C13H13F2NO3. The lowest BCUT2D eigenvalue weighted by atomic mass is 10.1. The number of nitrogens with zero attached hydrogens (tertiary/aromatic N) is 1. The molecule has 1 unspecified atom stereocenters. The fourth-order valence-electron chi connectivity index (χ4n) is 2.17. The minimum Gasteiger partial charge on any atom is -0.396 e. The highest BCUT2D eigenvalue weighted by Gasteiger charge is 2.39. The van der Waals surface area contributed by atoms with Gasteiger partial charge in [0, 0.05) is 12.6 Å². The summed E-state index contributed by atoms with van der Waals surface area (Å²) in [5, 5.41) is 8.75. The number of benzene rings is 1. The van der Waals surface area contributed by atoms with Gasteiger partial charge in [0.25, 0.3) is 11.8 Å². The molecule has 19 heavy (non-hydrogen) atoms. The summed E-state index contributed by atoms with van der Waals surface area (Å²) < 4.78 is 26.2. The summed E-state index contributed by atoms with van der Waals surface area (Å²) >= 11 is 0. The van der Waals surface area contributed by atoms with E-state index in [0.717, 1.165) is 17.0 Å². The number of aliphatic hydroxyl groups is 1. The number of halogens is 2. The van der Waals surface area contributed by atoms with Crippen LogP contribution < -0.4 is 0 Å². The second kappa shape index (κ2) is 5.05. The first-order chi connectivity index (χ1) is 8.97. The molecule has 0 saturated carbocycles. The van der Waals surface area contributed by atoms with Crippen molar-refractivity contribution in [3.63, 3.8) is 0 Å². The van der Waals surface area contributed by atoms with Crippen LogP contribution in [0.4, 0.5) is 8.78 Å². The van der Waals surface area contributed by atoms with Gasteiger partial charge in [0.05, 0.1) is 11.1 Å². The van der Waals surface area contributed by atoms with Crippen molar-refractivity contribution in [2.45, 2.75) is 25.8 Å². The molecule has 1 aromatic carbocycles. The van der Waals surface area contributed by atoms with Crippen LogP contribution in [-0.2, 0) is 0 Å². The number of carbonyl (C=O) groups is 2. The molecule has 0 spiro atoms. The highest BCUT2D eigenvalue weighted by Crippen LogP contribution is 2.27. The molecule has 2 rings (SSSR count). The first-order valence-electron chi connectivity index (χ1n) is 5.95. The topological polar surface area (TPSA) is 57.6 Å². The number of fused-ring (bicyclic) bond motifs is 1. The molecule has 6 heteroatoms. The van der Waals surface area contributed by atoms with E-state index in [0.29, 0.717) is 12.8 Å². The Kier molecular flexibility index (Phi) is 3.61. The van der Waals surface area contributed by atoms with E-state index >= 15 is 0 Å². The van der Waals surface area contributed by atoms with Crippen molar-refractivity contribution in [1.29, 1.82) is 0 Å². The molecule has 1 heterocycles. The third-order valence-electron chi connectivity index (χ3n) is 3.18. The van der Waals surface area contributed by atoms with E-state index in [1.54, 1.807) is 6.92 Å². The van der Waals surface area contributed by atoms with Crippen molar-refractivity contribution in [2.24, 2.45) is 0 Å². The molecule has 1 N–H and O–H groups in total. The molecule has 0 saturated heterocycles. The Morgan fingerprint density at radius 2 is 1.63 bits per heavy atom. The van der Waals surface area contributed by atoms with Crippen LogP contribution in [0.25, 0.3) is 0 Å². The van der Waals surface area contributed by atoms with E-state index < -0.39 is 29.5 Å². The Bertz CT molecular complexity index is 504. The first kappa shape index (κ1) is 13.6. The molecule has 0 aliphatic carbocycles. The molecule has 1 aromatic rings. The maximum absolute atomic E-state index is 13.1. The number of carbonyl (C=O) groups excluding carboxylic acids is 2. The summed E-state index contributed by atoms with van der Waals surface area (Å²) in [6.07, 6.45) is 0.879. The fraction of sp³-hybridized carbons (Fsp3) is 0.385. The van der Waals surface area contributed by atoms with Crippen molar-refractivity contribution in [1.82, 2.24) is 4.90 Å². The van der Waals surface area contributed by atoms with Gasteiger partial charge in [0.15, 0.2) is 11.6 Å². The molecule has 0 fully saturated rings. The lowest BCUT2D eigenvalue weighted by molar-refractivity contribution is 0.0583. The molecule has 102 valence electrons. The molecule has 0 bridgehead atoms. The summed E-state index contributed by atoms with van der Waals surface area (Å²) in [6.45, 7) is 1.61. The van der Waals surface area contributed by atoms with E-state index in [9.17, 15) is 18.4 Å². The van der Waals surface area contributed by atoms with Gasteiger partial charge in [0.2, 0.25) is 0 Å². The number of imide groups is 1. The van der Waals surface area contributed by atoms with E-state index in [2.05, 4.69) is 0 Å². The Hall–Kier alpha value is -1.82. The maximum Gasteiger partial charge on any atom is 0.261 e. The van der Waals surface area contributed by atoms with E-state index in [1.165, 1.54) is 0 Å². The SMILES string of the molecule is CC(CCCO)N1C(=O)c2cc(F)c(F)cc2C1=O. The molecule has 0 radical (unpaired) electrons. The quantitative estimate of drug-likeness (QED) is 0.847. The Morgan fingerprint density at radius 1 is 1.16 bits per heavy atom. The van der Waals surface area contributed by atoms with Crippen LogP contribution in [0.5, 0.6) is 0 Å². The minimum absolute atomic E-state index is 0.0449. The maximum atomic E-state index is 13.1. The highest BCUT2D eigenvalue weighted by atomic mass is 19.2. The van der Waals surface area contributed by atoms with Gasteiger partial charge in [-0.2, -0.15) is 0 Å². The van der Waals surface area contributed by atoms with Gasteiger partial charge in [-0.1, -0.05) is 0 Å². The second-order valence-corrected chi connectivity index (χ2v) is 4.51. The molecule has 0 aromatic heterocycles. The fourth-order valence-corrected chi connectivity index (χ4v) is 2.17. The van der Waals surface area contributed by atoms with Gasteiger partial charge in [-0.15, -0.1) is 0 Å². The zero-order valence-electron chi connectivity index (χ0n) is 10.3. The molecule has 1 atom stereocenters. The summed E-state index contributed by atoms with van der Waals surface area (Å²) in [5.74, 6) is -3.54. The second-order valence-electron chi connectivity index (χ2n) is 4.51. The largest absolute Gasteiger partial charge is 0.396 e. The minimum atomic E-state index is -1.15. The number of hydrogen-bond donors (Lipinski definition) is 1. The number of hydrogen-bond acceptors (Lipinski definition) is 3. The van der Waals surface area contributed by atoms with Crippen molar-refractivity contribution in [2.75, 3.05) is 6.61 Å². The van der Waals surface area contributed by atoms with Gasteiger partial charge >= 0.3 is 0 Å². The lowest BCUT2D eigenvalue weighted by Crippen LogP contribution is -2.38. The van der Waals surface area contributed by atoms with Crippen molar-refractivity contribution >= 4 is 11.8 Å². The number of rotatable bonds is 4. The van der Waals surface area contributed by atoms with Gasteiger partial charge in [-0.25, -0.2) is 8.78 Å². The van der Waals surface area contributed by atoms with Crippen LogP contribution in [0.1, 0.15) is 40.5 Å². The van der Waals surface area contributed by atoms with E-state index in [4.69, 9.17) is 5.11 Å². The Morgan fingerprint density at radius 3 is 2.05 bits per heavy atom. The van der Waals surface area contributed by atoms with E-state index in [-0.39, 0.29) is 17.7 Å². The summed E-state index contributed by atoms with van der Waals surface area (Å²) in [4.78, 5) is 25.0. The van der Waals surface area contributed by atoms with Crippen LogP contribution >= 0.6 is 0 Å². The Labute approximate surface area is 108 Å². The van der Waals surface area contributed by atoms with Crippen LogP contribution in [0.15, 0.2) is 12.1 Å². The van der Waals surface area contributed by atoms with Crippen LogP contribution in [-0.4, -0.2) is 34.5 Å². The van der Waals surface area contributed by atoms with Crippen LogP contribution in [0, 0.1) is 11.6 Å². The predicted octanol–water partition coefficient (Wildman–Crippen LogP) is 1.72. The van der Waals surface area contributed by atoms with Crippen LogP contribution in [0.2, 0.25) is 0 Å². The predicted molar refractivity (Wildman–Crippen MR) is 62.6 cm³/mol. The summed E-state index contributed by atoms with van der Waals surface area (Å²) in [6, 6.07) is 1.08. The number of amides is 2. The van der Waals surface area contributed by atoms with Gasteiger partial charge in [-0.05, 0) is 31.9 Å². The smallest absolute Gasteiger partial charge is 0.261 e. The Balaban J connectivity index is 2.33. The number of aliphatic hydroxyl groups excluding tert-OH is 1. The van der Waals surface area contributed by atoms with Crippen molar-refractivity contribution in [3.05, 3.63) is 34.9 Å². The zero-order valence-corrected chi connectivity index (χ0v) is 10.3. The van der Waals surface area contributed by atoms with E-state index in [1.807, 2.05) is 0 Å². The average molecular weight is 269 g/mol. The molecule has 1 aliphatic rings. The van der Waals surface area contributed by atoms with Crippen molar-refractivity contribution in [3.8, 4) is 0 Å². The molecule has 2 amide bonds. The van der Waals surface area contributed by atoms with Gasteiger partial charge in [-0.3, -0.25) is 14.5 Å². The standard InChI is InChI=1S/C13H13F2NO3/c1-7(3-2-4-17)16-12(18)8-5-10(14)11(15)6-9(8)13(16)19/h5-7,17H,2-4H2,1H3. The van der Waals surface area contributed by atoms with Crippen molar-refractivity contribution < 1.29 is 23.5 Å². The molecule has 4 nitrogen and oxygen atoms in total. The summed E-state index contributed by atoms with van der Waals surface area (Å²) in [5.41, 5.74) is -0.223. The zero-order chi connectivity index (χ0) is 14.2. The van der Waals surface area contributed by atoms with Gasteiger partial charge in [0.1, 0.15) is 0 Å². The molecular weight excluding hydrogens is 256 g/mol. The van der Waals surface area contributed by atoms with Gasteiger partial charge < -0.3 is 5.11 Å².